The van der Waals surface area contributed by atoms with Crippen molar-refractivity contribution in [3.05, 3.63) is 23.3 Å². The van der Waals surface area contributed by atoms with Crippen LogP contribution in [-0.4, -0.2) is 29.3 Å². The summed E-state index contributed by atoms with van der Waals surface area (Å²) < 4.78 is 0. The number of aryl methyl sites for hydroxylation is 1. The largest absolute Gasteiger partial charge is 0.504 e. The molecule has 0 saturated heterocycles. The third-order valence-corrected chi connectivity index (χ3v) is 2.45. The first kappa shape index (κ1) is 13.2. The van der Waals surface area contributed by atoms with Gasteiger partial charge in [-0.3, -0.25) is 0 Å². The molecule has 4 N–H and O–H groups in total. The second-order valence-electron chi connectivity index (χ2n) is 3.80. The summed E-state index contributed by atoms with van der Waals surface area (Å²) in [6, 6.07) is 2.83. The Kier molecular flexibility index (Phi) is 4.63. The first-order chi connectivity index (χ1) is 8.04. The Morgan fingerprint density at radius 2 is 1.88 bits per heavy atom. The SMILES string of the molecule is CCNC(=O)NCCc1cc(O)c(O)cc1C. The monoisotopic (exact) mass is 238 g/mol. The standard InChI is InChI=1S/C12H18N2O3/c1-3-13-12(17)14-5-4-9-7-11(16)10(15)6-8(9)2/h6-7,15-16H,3-5H2,1-2H3,(H2,13,14,17). The first-order valence-electron chi connectivity index (χ1n) is 5.57. The van der Waals surface area contributed by atoms with E-state index in [4.69, 9.17) is 0 Å². The molecule has 1 aromatic carbocycles. The van der Waals surface area contributed by atoms with Crippen LogP contribution in [0.2, 0.25) is 0 Å². The molecule has 5 heteroatoms. The zero-order valence-electron chi connectivity index (χ0n) is 10.1. The number of carbonyl (C=O) groups excluding carboxylic acids is 1. The van der Waals surface area contributed by atoms with E-state index in [1.807, 2.05) is 13.8 Å². The number of hydrogen-bond acceptors (Lipinski definition) is 3. The van der Waals surface area contributed by atoms with Gasteiger partial charge in [-0.15, -0.1) is 0 Å². The molecule has 0 spiro atoms. The number of hydrogen-bond donors (Lipinski definition) is 4. The summed E-state index contributed by atoms with van der Waals surface area (Å²) >= 11 is 0. The van der Waals surface area contributed by atoms with Gasteiger partial charge in [0, 0.05) is 13.1 Å². The van der Waals surface area contributed by atoms with E-state index in [0.717, 1.165) is 11.1 Å². The minimum Gasteiger partial charge on any atom is -0.504 e. The number of urea groups is 1. The van der Waals surface area contributed by atoms with Crippen molar-refractivity contribution in [1.82, 2.24) is 10.6 Å². The van der Waals surface area contributed by atoms with Gasteiger partial charge in [-0.25, -0.2) is 4.79 Å². The number of nitrogens with one attached hydrogen (secondary N) is 2. The molecule has 0 aromatic heterocycles. The van der Waals surface area contributed by atoms with Crippen molar-refractivity contribution in [3.8, 4) is 11.5 Å². The molecule has 5 nitrogen and oxygen atoms in total. The molecule has 0 unspecified atom stereocenters. The van der Waals surface area contributed by atoms with E-state index in [9.17, 15) is 15.0 Å². The lowest BCUT2D eigenvalue weighted by Gasteiger charge is -2.09. The fourth-order valence-corrected chi connectivity index (χ4v) is 1.53. The molecule has 0 heterocycles. The van der Waals surface area contributed by atoms with Crippen molar-refractivity contribution in [2.24, 2.45) is 0 Å². The van der Waals surface area contributed by atoms with Crippen LogP contribution in [-0.2, 0) is 6.42 Å². The van der Waals surface area contributed by atoms with Gasteiger partial charge < -0.3 is 20.8 Å². The van der Waals surface area contributed by atoms with Crippen LogP contribution in [0.15, 0.2) is 12.1 Å². The van der Waals surface area contributed by atoms with Crippen LogP contribution in [0.4, 0.5) is 4.79 Å². The molecule has 0 fully saturated rings. The molecule has 1 rings (SSSR count). The van der Waals surface area contributed by atoms with Gasteiger partial charge in [0.1, 0.15) is 0 Å². The Morgan fingerprint density at radius 1 is 1.24 bits per heavy atom. The molecule has 0 radical (unpaired) electrons. The number of carbonyl (C=O) groups is 1. The maximum atomic E-state index is 11.1. The summed E-state index contributed by atoms with van der Waals surface area (Å²) in [5.74, 6) is -0.258. The van der Waals surface area contributed by atoms with E-state index >= 15 is 0 Å². The fourth-order valence-electron chi connectivity index (χ4n) is 1.53. The van der Waals surface area contributed by atoms with Gasteiger partial charge in [0.2, 0.25) is 0 Å². The average molecular weight is 238 g/mol. The molecule has 1 aromatic rings. The van der Waals surface area contributed by atoms with Crippen molar-refractivity contribution in [2.45, 2.75) is 20.3 Å². The number of aromatic hydroxyl groups is 2. The van der Waals surface area contributed by atoms with Crippen LogP contribution in [0.3, 0.4) is 0 Å². The topological polar surface area (TPSA) is 81.6 Å². The fraction of sp³-hybridized carbons (Fsp3) is 0.417. The van der Waals surface area contributed by atoms with Gasteiger partial charge >= 0.3 is 6.03 Å². The molecule has 0 saturated carbocycles. The van der Waals surface area contributed by atoms with E-state index in [1.165, 1.54) is 12.1 Å². The van der Waals surface area contributed by atoms with Gasteiger partial charge in [0.15, 0.2) is 11.5 Å². The number of rotatable bonds is 4. The summed E-state index contributed by atoms with van der Waals surface area (Å²) in [6.07, 6.45) is 0.608. The third-order valence-electron chi connectivity index (χ3n) is 2.45. The van der Waals surface area contributed by atoms with Crippen molar-refractivity contribution in [2.75, 3.05) is 13.1 Å². The lowest BCUT2D eigenvalue weighted by atomic mass is 10.0. The van der Waals surface area contributed by atoms with Crippen molar-refractivity contribution >= 4 is 6.03 Å². The summed E-state index contributed by atoms with van der Waals surface area (Å²) in [5, 5.41) is 24.0. The van der Waals surface area contributed by atoms with Crippen LogP contribution in [0.5, 0.6) is 11.5 Å². The van der Waals surface area contributed by atoms with Gasteiger partial charge in [-0.05, 0) is 43.5 Å². The number of benzene rings is 1. The molecule has 2 amide bonds. The second kappa shape index (κ2) is 5.98. The second-order valence-corrected chi connectivity index (χ2v) is 3.80. The number of amides is 2. The molecule has 0 atom stereocenters. The molecular weight excluding hydrogens is 220 g/mol. The summed E-state index contributed by atoms with van der Waals surface area (Å²) in [7, 11) is 0. The lowest BCUT2D eigenvalue weighted by Crippen LogP contribution is -2.36. The van der Waals surface area contributed by atoms with Gasteiger partial charge in [-0.2, -0.15) is 0 Å². The molecular formula is C12H18N2O3. The molecule has 17 heavy (non-hydrogen) atoms. The Morgan fingerprint density at radius 3 is 2.53 bits per heavy atom. The summed E-state index contributed by atoms with van der Waals surface area (Å²) in [6.45, 7) is 4.77. The highest BCUT2D eigenvalue weighted by Crippen LogP contribution is 2.27. The smallest absolute Gasteiger partial charge is 0.314 e. The zero-order chi connectivity index (χ0) is 12.8. The van der Waals surface area contributed by atoms with Gasteiger partial charge in [-0.1, -0.05) is 0 Å². The quantitative estimate of drug-likeness (QED) is 0.596. The van der Waals surface area contributed by atoms with Crippen molar-refractivity contribution in [3.63, 3.8) is 0 Å². The van der Waals surface area contributed by atoms with Crippen LogP contribution < -0.4 is 10.6 Å². The van der Waals surface area contributed by atoms with E-state index in [0.29, 0.717) is 19.5 Å². The van der Waals surface area contributed by atoms with Crippen LogP contribution in [0, 0.1) is 6.92 Å². The van der Waals surface area contributed by atoms with Gasteiger partial charge in [0.25, 0.3) is 0 Å². The third kappa shape index (κ3) is 3.86. The summed E-state index contributed by atoms with van der Waals surface area (Å²) in [5.41, 5.74) is 1.79. The molecule has 0 aliphatic rings. The average Bonchev–Trinajstić information content (AvgIpc) is 2.26. The maximum Gasteiger partial charge on any atom is 0.314 e. The highest BCUT2D eigenvalue weighted by atomic mass is 16.3. The van der Waals surface area contributed by atoms with Crippen LogP contribution >= 0.6 is 0 Å². The Labute approximate surface area is 100 Å². The maximum absolute atomic E-state index is 11.1. The molecule has 0 aliphatic heterocycles. The zero-order valence-corrected chi connectivity index (χ0v) is 10.1. The van der Waals surface area contributed by atoms with Crippen molar-refractivity contribution < 1.29 is 15.0 Å². The number of phenols is 2. The minimum absolute atomic E-state index is 0.122. The Balaban J connectivity index is 2.52. The highest BCUT2D eigenvalue weighted by Gasteiger charge is 2.05. The molecule has 94 valence electrons. The predicted molar refractivity (Wildman–Crippen MR) is 65.3 cm³/mol. The number of phenolic OH excluding ortho intramolecular Hbond substituents is 2. The normalized spacial score (nSPS) is 10.0. The lowest BCUT2D eigenvalue weighted by molar-refractivity contribution is 0.241. The predicted octanol–water partition coefficient (Wildman–Crippen LogP) is 1.27. The molecule has 0 aliphatic carbocycles. The first-order valence-corrected chi connectivity index (χ1v) is 5.57. The van der Waals surface area contributed by atoms with Crippen LogP contribution in [0.1, 0.15) is 18.1 Å². The van der Waals surface area contributed by atoms with E-state index in [1.54, 1.807) is 0 Å². The Hall–Kier alpha value is -1.91. The van der Waals surface area contributed by atoms with E-state index in [-0.39, 0.29) is 17.5 Å². The van der Waals surface area contributed by atoms with E-state index < -0.39 is 0 Å². The van der Waals surface area contributed by atoms with Crippen molar-refractivity contribution in [1.29, 1.82) is 0 Å². The Bertz CT molecular complexity index is 405. The summed E-state index contributed by atoms with van der Waals surface area (Å²) in [4.78, 5) is 11.1. The highest BCUT2D eigenvalue weighted by molar-refractivity contribution is 5.73. The molecule has 0 bridgehead atoms. The van der Waals surface area contributed by atoms with Gasteiger partial charge in [0.05, 0.1) is 0 Å². The van der Waals surface area contributed by atoms with E-state index in [2.05, 4.69) is 10.6 Å². The minimum atomic E-state index is -0.201. The van der Waals surface area contributed by atoms with Crippen LogP contribution in [0.25, 0.3) is 0 Å².